The highest BCUT2D eigenvalue weighted by Gasteiger charge is 2.25. The number of aliphatic imine (C=N–C) groups is 1. The molecule has 3 rings (SSSR count). The summed E-state index contributed by atoms with van der Waals surface area (Å²) >= 11 is 0. The van der Waals surface area contributed by atoms with Crippen LogP contribution in [0.1, 0.15) is 45.2 Å². The van der Waals surface area contributed by atoms with E-state index in [9.17, 15) is 4.79 Å². The topological polar surface area (TPSA) is 66.4 Å². The number of hydrogen-bond donors (Lipinski definition) is 0. The molecule has 0 atom stereocenters. The second-order valence-corrected chi connectivity index (χ2v) is 7.46. The third-order valence-electron chi connectivity index (χ3n) is 4.56. The van der Waals surface area contributed by atoms with Crippen LogP contribution in [-0.2, 0) is 9.53 Å². The van der Waals surface area contributed by atoms with Crippen LogP contribution in [0.15, 0.2) is 53.2 Å². The van der Waals surface area contributed by atoms with E-state index < -0.39 is 5.97 Å². The molecule has 0 N–H and O–H groups in total. The average Bonchev–Trinajstić information content (AvgIpc) is 3.11. The number of carbonyl (C=O) groups excluding carboxylic acids is 1. The summed E-state index contributed by atoms with van der Waals surface area (Å²) in [6, 6.07) is 12.9. The molecule has 31 heavy (non-hydrogen) atoms. The van der Waals surface area contributed by atoms with Gasteiger partial charge in [-0.15, -0.1) is 0 Å². The minimum absolute atomic E-state index is 0.244. The Kier molecular flexibility index (Phi) is 7.70. The molecule has 0 fully saturated rings. The van der Waals surface area contributed by atoms with Crippen LogP contribution in [0.25, 0.3) is 6.08 Å². The van der Waals surface area contributed by atoms with Gasteiger partial charge in [0.05, 0.1) is 19.8 Å². The van der Waals surface area contributed by atoms with Gasteiger partial charge in [-0.3, -0.25) is 0 Å². The lowest BCUT2D eigenvalue weighted by molar-refractivity contribution is -0.129. The normalized spacial score (nSPS) is 14.5. The van der Waals surface area contributed by atoms with Gasteiger partial charge in [-0.05, 0) is 68.2 Å². The molecule has 0 saturated heterocycles. The molecule has 164 valence electrons. The lowest BCUT2D eigenvalue weighted by Gasteiger charge is -2.11. The highest BCUT2D eigenvalue weighted by atomic mass is 16.6. The molecule has 0 aromatic heterocycles. The fourth-order valence-electron chi connectivity index (χ4n) is 2.95. The van der Waals surface area contributed by atoms with Crippen molar-refractivity contribution < 1.29 is 23.7 Å². The zero-order chi connectivity index (χ0) is 22.2. The van der Waals surface area contributed by atoms with E-state index in [4.69, 9.17) is 18.9 Å². The quantitative estimate of drug-likeness (QED) is 0.386. The van der Waals surface area contributed by atoms with Crippen LogP contribution in [0.2, 0.25) is 0 Å². The van der Waals surface area contributed by atoms with Crippen LogP contribution in [0.3, 0.4) is 0 Å². The summed E-state index contributed by atoms with van der Waals surface area (Å²) in [4.78, 5) is 16.7. The molecule has 0 unspecified atom stereocenters. The number of esters is 1. The second kappa shape index (κ2) is 10.7. The molecule has 2 aromatic rings. The zero-order valence-electron chi connectivity index (χ0n) is 18.5. The summed E-state index contributed by atoms with van der Waals surface area (Å²) in [7, 11) is 0. The van der Waals surface area contributed by atoms with Crippen molar-refractivity contribution >= 4 is 17.9 Å². The highest BCUT2D eigenvalue weighted by molar-refractivity contribution is 6.13. The Morgan fingerprint density at radius 3 is 2.35 bits per heavy atom. The first-order valence-electron chi connectivity index (χ1n) is 10.7. The number of cyclic esters (lactones) is 1. The molecule has 0 bridgehead atoms. The third kappa shape index (κ3) is 6.10. The van der Waals surface area contributed by atoms with Crippen LogP contribution < -0.4 is 14.2 Å². The maximum Gasteiger partial charge on any atom is 0.363 e. The van der Waals surface area contributed by atoms with Gasteiger partial charge in [0.15, 0.2) is 17.2 Å². The first kappa shape index (κ1) is 22.4. The molecule has 0 radical (unpaired) electrons. The first-order chi connectivity index (χ1) is 15.0. The maximum atomic E-state index is 12.3. The molecule has 0 saturated carbocycles. The van der Waals surface area contributed by atoms with E-state index in [0.717, 1.165) is 17.7 Å². The van der Waals surface area contributed by atoms with Crippen LogP contribution >= 0.6 is 0 Å². The fraction of sp³-hybridized carbons (Fsp3) is 0.360. The maximum absolute atomic E-state index is 12.3. The number of ether oxygens (including phenoxy) is 4. The van der Waals surface area contributed by atoms with E-state index in [1.807, 2.05) is 38.1 Å². The lowest BCUT2D eigenvalue weighted by Crippen LogP contribution is -2.06. The Balaban J connectivity index is 1.75. The lowest BCUT2D eigenvalue weighted by atomic mass is 10.1. The van der Waals surface area contributed by atoms with Gasteiger partial charge in [0.1, 0.15) is 5.75 Å². The van der Waals surface area contributed by atoms with Gasteiger partial charge in [0.2, 0.25) is 5.90 Å². The molecule has 0 amide bonds. The minimum atomic E-state index is -0.487. The third-order valence-corrected chi connectivity index (χ3v) is 4.56. The Hall–Kier alpha value is -3.28. The van der Waals surface area contributed by atoms with Gasteiger partial charge in [-0.25, -0.2) is 9.79 Å². The molecule has 1 aliphatic heterocycles. The van der Waals surface area contributed by atoms with Crippen molar-refractivity contribution in [3.63, 3.8) is 0 Å². The molecular weight excluding hydrogens is 394 g/mol. The highest BCUT2D eigenvalue weighted by Crippen LogP contribution is 2.30. The van der Waals surface area contributed by atoms with Crippen molar-refractivity contribution in [3.8, 4) is 17.2 Å². The first-order valence-corrected chi connectivity index (χ1v) is 10.7. The number of carbonyl (C=O) groups is 1. The van der Waals surface area contributed by atoms with Crippen LogP contribution in [0.5, 0.6) is 17.2 Å². The van der Waals surface area contributed by atoms with E-state index in [0.29, 0.717) is 42.8 Å². The van der Waals surface area contributed by atoms with E-state index >= 15 is 0 Å². The Morgan fingerprint density at radius 1 is 0.968 bits per heavy atom. The Morgan fingerprint density at radius 2 is 1.68 bits per heavy atom. The van der Waals surface area contributed by atoms with Gasteiger partial charge in [-0.1, -0.05) is 26.0 Å². The Bertz CT molecular complexity index is 960. The molecule has 6 heteroatoms. The van der Waals surface area contributed by atoms with Crippen molar-refractivity contribution in [3.05, 3.63) is 59.3 Å². The molecule has 1 aliphatic rings. The molecular formula is C25H29NO5. The summed E-state index contributed by atoms with van der Waals surface area (Å²) in [5, 5.41) is 0. The van der Waals surface area contributed by atoms with Crippen molar-refractivity contribution in [2.45, 2.75) is 34.1 Å². The second-order valence-electron chi connectivity index (χ2n) is 7.46. The summed E-state index contributed by atoms with van der Waals surface area (Å²) in [6.07, 6.45) is 2.71. The molecule has 1 heterocycles. The standard InChI is InChI=1S/C25H29NO5/c1-5-28-22-12-9-19(16-23(22)29-6-2)24-26-21(25(27)31-24)15-18-7-10-20(11-8-18)30-14-13-17(3)4/h7-12,15-17H,5-6,13-14H2,1-4H3/b21-15+. The molecule has 2 aromatic carbocycles. The van der Waals surface area contributed by atoms with Gasteiger partial charge >= 0.3 is 5.97 Å². The van der Waals surface area contributed by atoms with Crippen molar-refractivity contribution in [1.29, 1.82) is 0 Å². The van der Waals surface area contributed by atoms with E-state index in [2.05, 4.69) is 18.8 Å². The molecule has 6 nitrogen and oxygen atoms in total. The van der Waals surface area contributed by atoms with Crippen LogP contribution in [0, 0.1) is 5.92 Å². The van der Waals surface area contributed by atoms with Gasteiger partial charge in [0, 0.05) is 5.56 Å². The average molecular weight is 424 g/mol. The van der Waals surface area contributed by atoms with Crippen molar-refractivity contribution in [1.82, 2.24) is 0 Å². The monoisotopic (exact) mass is 423 g/mol. The summed E-state index contributed by atoms with van der Waals surface area (Å²) in [5.74, 6) is 2.40. The number of rotatable bonds is 10. The minimum Gasteiger partial charge on any atom is -0.494 e. The number of nitrogens with zero attached hydrogens (tertiary/aromatic N) is 1. The van der Waals surface area contributed by atoms with Gasteiger partial charge < -0.3 is 18.9 Å². The SMILES string of the molecule is CCOc1ccc(C2=N/C(=C/c3ccc(OCCC(C)C)cc3)C(=O)O2)cc1OCC. The van der Waals surface area contributed by atoms with Crippen LogP contribution in [-0.4, -0.2) is 31.7 Å². The summed E-state index contributed by atoms with van der Waals surface area (Å²) in [5.41, 5.74) is 1.74. The van der Waals surface area contributed by atoms with E-state index in [-0.39, 0.29) is 11.6 Å². The number of hydrogen-bond acceptors (Lipinski definition) is 6. The fourth-order valence-corrected chi connectivity index (χ4v) is 2.95. The largest absolute Gasteiger partial charge is 0.494 e. The predicted molar refractivity (Wildman–Crippen MR) is 121 cm³/mol. The van der Waals surface area contributed by atoms with Crippen molar-refractivity contribution in [2.75, 3.05) is 19.8 Å². The summed E-state index contributed by atoms with van der Waals surface area (Å²) < 4.78 is 22.3. The summed E-state index contributed by atoms with van der Waals surface area (Å²) in [6.45, 7) is 9.86. The predicted octanol–water partition coefficient (Wildman–Crippen LogP) is 5.25. The molecule has 0 aliphatic carbocycles. The van der Waals surface area contributed by atoms with E-state index in [1.54, 1.807) is 24.3 Å². The smallest absolute Gasteiger partial charge is 0.363 e. The van der Waals surface area contributed by atoms with Crippen LogP contribution in [0.4, 0.5) is 0 Å². The zero-order valence-corrected chi connectivity index (χ0v) is 18.5. The van der Waals surface area contributed by atoms with Crippen molar-refractivity contribution in [2.24, 2.45) is 10.9 Å². The number of benzene rings is 2. The van der Waals surface area contributed by atoms with E-state index in [1.165, 1.54) is 0 Å². The van der Waals surface area contributed by atoms with Gasteiger partial charge in [-0.2, -0.15) is 0 Å². The Labute approximate surface area is 183 Å². The molecule has 0 spiro atoms. The van der Waals surface area contributed by atoms with Gasteiger partial charge in [0.25, 0.3) is 0 Å².